The van der Waals surface area contributed by atoms with Gasteiger partial charge < -0.3 is 5.32 Å². The van der Waals surface area contributed by atoms with Crippen molar-refractivity contribution in [2.45, 2.75) is 4.90 Å². The Hall–Kier alpha value is -3.63. The molecule has 3 rings (SSSR count). The first-order chi connectivity index (χ1) is 13.0. The highest BCUT2D eigenvalue weighted by Gasteiger charge is 2.15. The van der Waals surface area contributed by atoms with Crippen LogP contribution in [-0.2, 0) is 10.0 Å². The number of nitrogens with one attached hydrogen (secondary N) is 2. The van der Waals surface area contributed by atoms with Crippen LogP contribution in [0.25, 0.3) is 0 Å². The average Bonchev–Trinajstić information content (AvgIpc) is 2.68. The summed E-state index contributed by atoms with van der Waals surface area (Å²) in [7, 11) is -3.83. The zero-order valence-electron chi connectivity index (χ0n) is 14.1. The fraction of sp³-hybridized carbons (Fsp3) is 0. The van der Waals surface area contributed by atoms with Crippen molar-refractivity contribution in [3.05, 3.63) is 90.0 Å². The van der Waals surface area contributed by atoms with Crippen LogP contribution in [-0.4, -0.2) is 14.3 Å². The molecule has 6 nitrogen and oxygen atoms in total. The standard InChI is InChI=1S/C20H15N3O3S/c21-14-15-5-4-8-18(13-15)23-27(25,26)19-11-9-16(10-12-19)20(24)22-17-6-2-1-3-7-17/h1-13,23H,(H,22,24). The van der Waals surface area contributed by atoms with Gasteiger partial charge >= 0.3 is 0 Å². The summed E-state index contributed by atoms with van der Waals surface area (Å²) >= 11 is 0. The molecular formula is C20H15N3O3S. The van der Waals surface area contributed by atoms with Gasteiger partial charge in [0.1, 0.15) is 0 Å². The minimum Gasteiger partial charge on any atom is -0.322 e. The van der Waals surface area contributed by atoms with Crippen molar-refractivity contribution in [1.82, 2.24) is 0 Å². The predicted molar refractivity (Wildman–Crippen MR) is 103 cm³/mol. The molecule has 0 saturated carbocycles. The number of nitriles is 1. The predicted octanol–water partition coefficient (Wildman–Crippen LogP) is 3.61. The Balaban J connectivity index is 1.75. The molecule has 2 N–H and O–H groups in total. The number of rotatable bonds is 5. The van der Waals surface area contributed by atoms with Crippen LogP contribution in [0, 0.1) is 11.3 Å². The van der Waals surface area contributed by atoms with Crippen molar-refractivity contribution < 1.29 is 13.2 Å². The third-order valence-electron chi connectivity index (χ3n) is 3.70. The number of benzene rings is 3. The minimum absolute atomic E-state index is 0.0149. The molecule has 0 bridgehead atoms. The van der Waals surface area contributed by atoms with Gasteiger partial charge in [-0.3, -0.25) is 9.52 Å². The maximum absolute atomic E-state index is 12.5. The zero-order valence-corrected chi connectivity index (χ0v) is 14.9. The molecule has 0 aliphatic carbocycles. The molecule has 0 unspecified atom stereocenters. The number of nitrogens with zero attached hydrogens (tertiary/aromatic N) is 1. The van der Waals surface area contributed by atoms with Crippen LogP contribution < -0.4 is 10.0 Å². The van der Waals surface area contributed by atoms with Crippen LogP contribution >= 0.6 is 0 Å². The van der Waals surface area contributed by atoms with Crippen LogP contribution in [0.4, 0.5) is 11.4 Å². The number of carbonyl (C=O) groups excluding carboxylic acids is 1. The molecule has 0 aliphatic rings. The Morgan fingerprint density at radius 1 is 0.852 bits per heavy atom. The van der Waals surface area contributed by atoms with E-state index in [1.165, 1.54) is 30.3 Å². The molecule has 0 heterocycles. The summed E-state index contributed by atoms with van der Waals surface area (Å²) < 4.78 is 27.4. The van der Waals surface area contributed by atoms with E-state index in [-0.39, 0.29) is 10.8 Å². The minimum atomic E-state index is -3.83. The van der Waals surface area contributed by atoms with Gasteiger partial charge in [0.05, 0.1) is 22.2 Å². The molecule has 3 aromatic carbocycles. The van der Waals surface area contributed by atoms with Gasteiger partial charge in [0, 0.05) is 11.3 Å². The number of amides is 1. The maximum Gasteiger partial charge on any atom is 0.261 e. The second-order valence-electron chi connectivity index (χ2n) is 5.64. The van der Waals surface area contributed by atoms with E-state index in [1.54, 1.807) is 42.5 Å². The summed E-state index contributed by atoms with van der Waals surface area (Å²) in [5.74, 6) is -0.333. The van der Waals surface area contributed by atoms with Crippen molar-refractivity contribution in [2.75, 3.05) is 10.0 Å². The fourth-order valence-electron chi connectivity index (χ4n) is 2.38. The van der Waals surface area contributed by atoms with Crippen LogP contribution in [0.2, 0.25) is 0 Å². The second-order valence-corrected chi connectivity index (χ2v) is 7.33. The third kappa shape index (κ3) is 4.51. The topological polar surface area (TPSA) is 99.1 Å². The molecule has 0 aromatic heterocycles. The van der Waals surface area contributed by atoms with Gasteiger partial charge in [0.2, 0.25) is 0 Å². The summed E-state index contributed by atoms with van der Waals surface area (Å²) in [6, 6.07) is 22.7. The first kappa shape index (κ1) is 18.2. The van der Waals surface area contributed by atoms with E-state index < -0.39 is 10.0 Å². The molecule has 27 heavy (non-hydrogen) atoms. The van der Waals surface area contributed by atoms with Crippen LogP contribution in [0.5, 0.6) is 0 Å². The highest BCUT2D eigenvalue weighted by molar-refractivity contribution is 7.92. The quantitative estimate of drug-likeness (QED) is 0.709. The van der Waals surface area contributed by atoms with E-state index >= 15 is 0 Å². The van der Waals surface area contributed by atoms with Crippen molar-refractivity contribution in [3.63, 3.8) is 0 Å². The van der Waals surface area contributed by atoms with E-state index in [9.17, 15) is 13.2 Å². The van der Waals surface area contributed by atoms with Crippen molar-refractivity contribution in [1.29, 1.82) is 5.26 Å². The fourth-order valence-corrected chi connectivity index (χ4v) is 3.43. The number of hydrogen-bond donors (Lipinski definition) is 2. The van der Waals surface area contributed by atoms with Crippen molar-refractivity contribution >= 4 is 27.3 Å². The lowest BCUT2D eigenvalue weighted by Gasteiger charge is -2.09. The molecule has 0 saturated heterocycles. The summed E-state index contributed by atoms with van der Waals surface area (Å²) in [6.45, 7) is 0. The van der Waals surface area contributed by atoms with Gasteiger partial charge in [0.25, 0.3) is 15.9 Å². The molecule has 0 atom stereocenters. The van der Waals surface area contributed by atoms with Crippen LogP contribution in [0.15, 0.2) is 83.8 Å². The Labute approximate surface area is 157 Å². The lowest BCUT2D eigenvalue weighted by molar-refractivity contribution is 0.102. The highest BCUT2D eigenvalue weighted by Crippen LogP contribution is 2.18. The summed E-state index contributed by atoms with van der Waals surface area (Å²) in [5.41, 5.74) is 1.63. The van der Waals surface area contributed by atoms with Crippen LogP contribution in [0.1, 0.15) is 15.9 Å². The Morgan fingerprint density at radius 3 is 2.19 bits per heavy atom. The Kier molecular flexibility index (Phi) is 5.20. The zero-order chi connectivity index (χ0) is 19.3. The normalized spacial score (nSPS) is 10.6. The molecule has 0 fully saturated rings. The Morgan fingerprint density at radius 2 is 1.52 bits per heavy atom. The molecule has 7 heteroatoms. The van der Waals surface area contributed by atoms with Crippen molar-refractivity contribution in [2.24, 2.45) is 0 Å². The molecule has 3 aromatic rings. The molecule has 0 aliphatic heterocycles. The van der Waals surface area contributed by atoms with Gasteiger partial charge in [-0.2, -0.15) is 5.26 Å². The summed E-state index contributed by atoms with van der Waals surface area (Å²) in [4.78, 5) is 12.2. The van der Waals surface area contributed by atoms with E-state index in [2.05, 4.69) is 10.0 Å². The number of para-hydroxylation sites is 1. The smallest absolute Gasteiger partial charge is 0.261 e. The number of carbonyl (C=O) groups is 1. The SMILES string of the molecule is N#Cc1cccc(NS(=O)(=O)c2ccc(C(=O)Nc3ccccc3)cc2)c1. The van der Waals surface area contributed by atoms with Gasteiger partial charge in [-0.15, -0.1) is 0 Å². The van der Waals surface area contributed by atoms with E-state index in [0.29, 0.717) is 22.5 Å². The molecule has 1 amide bonds. The lowest BCUT2D eigenvalue weighted by atomic mass is 10.2. The number of hydrogen-bond acceptors (Lipinski definition) is 4. The van der Waals surface area contributed by atoms with Crippen LogP contribution in [0.3, 0.4) is 0 Å². The van der Waals surface area contributed by atoms with Gasteiger partial charge in [0.15, 0.2) is 0 Å². The van der Waals surface area contributed by atoms with Gasteiger partial charge in [-0.05, 0) is 54.6 Å². The average molecular weight is 377 g/mol. The summed E-state index contributed by atoms with van der Waals surface area (Å²) in [6.07, 6.45) is 0. The maximum atomic E-state index is 12.5. The first-order valence-electron chi connectivity index (χ1n) is 7.97. The first-order valence-corrected chi connectivity index (χ1v) is 9.46. The molecule has 134 valence electrons. The van der Waals surface area contributed by atoms with Crippen molar-refractivity contribution in [3.8, 4) is 6.07 Å². The molecular weight excluding hydrogens is 362 g/mol. The number of anilines is 2. The Bertz CT molecular complexity index is 1100. The number of sulfonamides is 1. The third-order valence-corrected chi connectivity index (χ3v) is 5.10. The largest absolute Gasteiger partial charge is 0.322 e. The van der Waals surface area contributed by atoms with Gasteiger partial charge in [-0.25, -0.2) is 8.42 Å². The second kappa shape index (κ2) is 7.72. The van der Waals surface area contributed by atoms with E-state index in [4.69, 9.17) is 5.26 Å². The van der Waals surface area contributed by atoms with E-state index in [0.717, 1.165) is 0 Å². The lowest BCUT2D eigenvalue weighted by Crippen LogP contribution is -2.14. The monoisotopic (exact) mass is 377 g/mol. The molecule has 0 spiro atoms. The highest BCUT2D eigenvalue weighted by atomic mass is 32.2. The van der Waals surface area contributed by atoms with Gasteiger partial charge in [-0.1, -0.05) is 24.3 Å². The summed E-state index contributed by atoms with van der Waals surface area (Å²) in [5, 5.41) is 11.6. The van der Waals surface area contributed by atoms with E-state index in [1.807, 2.05) is 12.1 Å². The molecule has 0 radical (unpaired) electrons.